The van der Waals surface area contributed by atoms with Crippen molar-refractivity contribution in [2.75, 3.05) is 4.90 Å². The first-order valence-electron chi connectivity index (χ1n) is 7.25. The lowest BCUT2D eigenvalue weighted by atomic mass is 10.0. The summed E-state index contributed by atoms with van der Waals surface area (Å²) in [7, 11) is 0. The van der Waals surface area contributed by atoms with E-state index < -0.39 is 6.04 Å². The molecule has 1 atom stereocenters. The number of nitrogens with zero attached hydrogens (tertiary/aromatic N) is 1. The molecule has 0 aliphatic carbocycles. The Morgan fingerprint density at radius 2 is 1.52 bits per heavy atom. The van der Waals surface area contributed by atoms with E-state index >= 15 is 0 Å². The molecule has 0 fully saturated rings. The van der Waals surface area contributed by atoms with Gasteiger partial charge in [0, 0.05) is 5.69 Å². The summed E-state index contributed by atoms with van der Waals surface area (Å²) in [4.78, 5) is 14.5. The molecule has 21 heavy (non-hydrogen) atoms. The van der Waals surface area contributed by atoms with Gasteiger partial charge in [0.1, 0.15) is 0 Å². The number of benzene rings is 2. The molecule has 0 unspecified atom stereocenters. The van der Waals surface area contributed by atoms with Crippen LogP contribution in [0, 0.1) is 5.92 Å². The van der Waals surface area contributed by atoms with Crippen LogP contribution in [-0.2, 0) is 11.3 Å². The van der Waals surface area contributed by atoms with Crippen LogP contribution >= 0.6 is 0 Å². The van der Waals surface area contributed by atoms with E-state index in [-0.39, 0.29) is 11.8 Å². The molecular formula is C18H22N2O. The molecule has 0 spiro atoms. The highest BCUT2D eigenvalue weighted by atomic mass is 16.2. The summed E-state index contributed by atoms with van der Waals surface area (Å²) in [5.41, 5.74) is 8.03. The Kier molecular flexibility index (Phi) is 5.12. The van der Waals surface area contributed by atoms with Gasteiger partial charge in [-0.15, -0.1) is 0 Å². The molecule has 2 N–H and O–H groups in total. The second kappa shape index (κ2) is 7.04. The molecule has 0 aromatic heterocycles. The maximum atomic E-state index is 12.7. The molecule has 3 heteroatoms. The van der Waals surface area contributed by atoms with Crippen molar-refractivity contribution in [3.05, 3.63) is 66.2 Å². The van der Waals surface area contributed by atoms with Gasteiger partial charge in [0.25, 0.3) is 0 Å². The van der Waals surface area contributed by atoms with Crippen LogP contribution in [0.4, 0.5) is 5.69 Å². The van der Waals surface area contributed by atoms with Gasteiger partial charge < -0.3 is 10.6 Å². The molecule has 0 aliphatic rings. The second-order valence-corrected chi connectivity index (χ2v) is 5.52. The van der Waals surface area contributed by atoms with Crippen molar-refractivity contribution in [2.24, 2.45) is 11.7 Å². The van der Waals surface area contributed by atoms with Crippen molar-refractivity contribution in [1.29, 1.82) is 0 Å². The lowest BCUT2D eigenvalue weighted by Gasteiger charge is -2.27. The fourth-order valence-electron chi connectivity index (χ4n) is 2.14. The summed E-state index contributed by atoms with van der Waals surface area (Å²) in [5.74, 6) is 0.0690. The molecule has 1 amide bonds. The van der Waals surface area contributed by atoms with E-state index in [1.165, 1.54) is 0 Å². The summed E-state index contributed by atoms with van der Waals surface area (Å²) in [6.07, 6.45) is 0. The first-order valence-corrected chi connectivity index (χ1v) is 7.25. The SMILES string of the molecule is CC(C)[C@@H](N)C(=O)N(Cc1ccccc1)c1ccccc1. The summed E-state index contributed by atoms with van der Waals surface area (Å²) in [6.45, 7) is 4.46. The maximum Gasteiger partial charge on any atom is 0.244 e. The molecule has 2 aromatic carbocycles. The number of carbonyl (C=O) groups excluding carboxylic acids is 1. The largest absolute Gasteiger partial charge is 0.320 e. The highest BCUT2D eigenvalue weighted by Gasteiger charge is 2.24. The normalized spacial score (nSPS) is 12.2. The van der Waals surface area contributed by atoms with E-state index in [4.69, 9.17) is 5.73 Å². The Morgan fingerprint density at radius 3 is 2.05 bits per heavy atom. The molecule has 0 bridgehead atoms. The predicted octanol–water partition coefficient (Wildman–Crippen LogP) is 3.20. The molecule has 110 valence electrons. The number of nitrogens with two attached hydrogens (primary N) is 1. The fourth-order valence-corrected chi connectivity index (χ4v) is 2.14. The van der Waals surface area contributed by atoms with Gasteiger partial charge >= 0.3 is 0 Å². The lowest BCUT2D eigenvalue weighted by Crippen LogP contribution is -2.46. The number of amides is 1. The highest BCUT2D eigenvalue weighted by molar-refractivity contribution is 5.97. The number of anilines is 1. The molecule has 0 saturated heterocycles. The lowest BCUT2D eigenvalue weighted by molar-refractivity contribution is -0.120. The van der Waals surface area contributed by atoms with Crippen molar-refractivity contribution in [2.45, 2.75) is 26.4 Å². The second-order valence-electron chi connectivity index (χ2n) is 5.52. The van der Waals surface area contributed by atoms with E-state index in [2.05, 4.69) is 0 Å². The monoisotopic (exact) mass is 282 g/mol. The third-order valence-electron chi connectivity index (χ3n) is 3.52. The third-order valence-corrected chi connectivity index (χ3v) is 3.52. The Labute approximate surface area is 126 Å². The van der Waals surface area contributed by atoms with Crippen molar-refractivity contribution in [3.8, 4) is 0 Å². The van der Waals surface area contributed by atoms with Crippen LogP contribution in [-0.4, -0.2) is 11.9 Å². The zero-order chi connectivity index (χ0) is 15.2. The van der Waals surface area contributed by atoms with Crippen molar-refractivity contribution >= 4 is 11.6 Å². The van der Waals surface area contributed by atoms with E-state index in [1.807, 2.05) is 74.5 Å². The van der Waals surface area contributed by atoms with E-state index in [0.29, 0.717) is 6.54 Å². The summed E-state index contributed by atoms with van der Waals surface area (Å²) < 4.78 is 0. The van der Waals surface area contributed by atoms with Gasteiger partial charge in [0.15, 0.2) is 0 Å². The van der Waals surface area contributed by atoms with Crippen LogP contribution in [0.3, 0.4) is 0 Å². The van der Waals surface area contributed by atoms with Gasteiger partial charge in [-0.1, -0.05) is 62.4 Å². The first kappa shape index (κ1) is 15.3. The molecule has 2 rings (SSSR count). The molecule has 0 aliphatic heterocycles. The van der Waals surface area contributed by atoms with Crippen molar-refractivity contribution in [3.63, 3.8) is 0 Å². The van der Waals surface area contributed by atoms with Gasteiger partial charge in [0.2, 0.25) is 5.91 Å². The van der Waals surface area contributed by atoms with Crippen LogP contribution in [0.2, 0.25) is 0 Å². The number of hydrogen-bond acceptors (Lipinski definition) is 2. The van der Waals surface area contributed by atoms with Crippen LogP contribution < -0.4 is 10.6 Å². The van der Waals surface area contributed by atoms with E-state index in [1.54, 1.807) is 4.90 Å². The minimum absolute atomic E-state index is 0.0416. The number of para-hydroxylation sites is 1. The van der Waals surface area contributed by atoms with Gasteiger partial charge in [-0.05, 0) is 23.6 Å². The Morgan fingerprint density at radius 1 is 1.00 bits per heavy atom. The molecular weight excluding hydrogens is 260 g/mol. The number of rotatable bonds is 5. The van der Waals surface area contributed by atoms with Gasteiger partial charge in [0.05, 0.1) is 12.6 Å². The number of carbonyl (C=O) groups is 1. The fraction of sp³-hybridized carbons (Fsp3) is 0.278. The number of hydrogen-bond donors (Lipinski definition) is 1. The minimum Gasteiger partial charge on any atom is -0.320 e. The molecule has 0 radical (unpaired) electrons. The van der Waals surface area contributed by atoms with Gasteiger partial charge in [-0.2, -0.15) is 0 Å². The summed E-state index contributed by atoms with van der Waals surface area (Å²) >= 11 is 0. The first-order chi connectivity index (χ1) is 10.1. The summed E-state index contributed by atoms with van der Waals surface area (Å²) in [6, 6.07) is 19.2. The zero-order valence-corrected chi connectivity index (χ0v) is 12.6. The van der Waals surface area contributed by atoms with Crippen LogP contribution in [0.25, 0.3) is 0 Å². The van der Waals surface area contributed by atoms with Crippen LogP contribution in [0.5, 0.6) is 0 Å². The van der Waals surface area contributed by atoms with Gasteiger partial charge in [-0.25, -0.2) is 0 Å². The molecule has 0 heterocycles. The Bertz CT molecular complexity index is 566. The molecule has 0 saturated carbocycles. The smallest absolute Gasteiger partial charge is 0.244 e. The average Bonchev–Trinajstić information content (AvgIpc) is 2.53. The minimum atomic E-state index is -0.492. The summed E-state index contributed by atoms with van der Waals surface area (Å²) in [5, 5.41) is 0. The van der Waals surface area contributed by atoms with Gasteiger partial charge in [-0.3, -0.25) is 4.79 Å². The van der Waals surface area contributed by atoms with E-state index in [0.717, 1.165) is 11.3 Å². The third kappa shape index (κ3) is 3.92. The van der Waals surface area contributed by atoms with Crippen molar-refractivity contribution < 1.29 is 4.79 Å². The quantitative estimate of drug-likeness (QED) is 0.915. The van der Waals surface area contributed by atoms with Crippen LogP contribution in [0.15, 0.2) is 60.7 Å². The Hall–Kier alpha value is -2.13. The average molecular weight is 282 g/mol. The molecule has 2 aromatic rings. The molecule has 3 nitrogen and oxygen atoms in total. The van der Waals surface area contributed by atoms with Crippen molar-refractivity contribution in [1.82, 2.24) is 0 Å². The Balaban J connectivity index is 2.29. The van der Waals surface area contributed by atoms with Crippen LogP contribution in [0.1, 0.15) is 19.4 Å². The highest BCUT2D eigenvalue weighted by Crippen LogP contribution is 2.19. The maximum absolute atomic E-state index is 12.7. The predicted molar refractivity (Wildman–Crippen MR) is 86.9 cm³/mol. The van der Waals surface area contributed by atoms with E-state index in [9.17, 15) is 4.79 Å². The topological polar surface area (TPSA) is 46.3 Å². The zero-order valence-electron chi connectivity index (χ0n) is 12.6. The standard InChI is InChI=1S/C18H22N2O/c1-14(2)17(19)18(21)20(16-11-7-4-8-12-16)13-15-9-5-3-6-10-15/h3-12,14,17H,13,19H2,1-2H3/t17-/m1/s1.